The summed E-state index contributed by atoms with van der Waals surface area (Å²) in [7, 11) is 0. The standard InChI is InChI=1S/C15H24BF3NO3.Li/c1-10(2)21-16(22-11(3)4,23-12(5)6)14-9-13(7-8-20-14)15(17,18)19;/h7-12H,1-6H3;/q-1;+1. The van der Waals surface area contributed by atoms with Gasteiger partial charge in [-0.1, -0.05) is 6.07 Å². The van der Waals surface area contributed by atoms with Gasteiger partial charge in [0.15, 0.2) is 0 Å². The van der Waals surface area contributed by atoms with Gasteiger partial charge in [-0.15, -0.1) is 0 Å². The molecule has 132 valence electrons. The van der Waals surface area contributed by atoms with Crippen LogP contribution in [0.5, 0.6) is 0 Å². The van der Waals surface area contributed by atoms with E-state index in [1.165, 1.54) is 0 Å². The van der Waals surface area contributed by atoms with Gasteiger partial charge in [-0.05, 0) is 53.2 Å². The smallest absolute Gasteiger partial charge is 0.538 e. The molecule has 1 aromatic rings. The van der Waals surface area contributed by atoms with Gasteiger partial charge in [0.05, 0.1) is 5.56 Å². The first-order valence-electron chi connectivity index (χ1n) is 7.67. The molecule has 0 aliphatic rings. The first kappa shape index (κ1) is 23.5. The fraction of sp³-hybridized carbons (Fsp3) is 0.667. The van der Waals surface area contributed by atoms with E-state index >= 15 is 0 Å². The van der Waals surface area contributed by atoms with Gasteiger partial charge in [-0.25, -0.2) is 0 Å². The summed E-state index contributed by atoms with van der Waals surface area (Å²) in [4.78, 5) is 4.04. The number of aromatic nitrogens is 1. The topological polar surface area (TPSA) is 40.6 Å². The molecule has 0 radical (unpaired) electrons. The summed E-state index contributed by atoms with van der Waals surface area (Å²) in [6.45, 7) is 7.97. The Labute approximate surface area is 153 Å². The second-order valence-corrected chi connectivity index (χ2v) is 6.16. The first-order valence-corrected chi connectivity index (χ1v) is 7.67. The molecule has 1 aromatic heterocycles. The summed E-state index contributed by atoms with van der Waals surface area (Å²) in [5, 5.41) is 0. The Morgan fingerprint density at radius 2 is 1.33 bits per heavy atom. The van der Waals surface area contributed by atoms with Gasteiger partial charge in [0.25, 0.3) is 0 Å². The Hall–Kier alpha value is -0.518. The Kier molecular flexibility index (Phi) is 9.06. The van der Waals surface area contributed by atoms with E-state index in [4.69, 9.17) is 14.0 Å². The monoisotopic (exact) mass is 341 g/mol. The number of nitrogens with zero attached hydrogens (tertiary/aromatic N) is 1. The molecule has 0 saturated heterocycles. The van der Waals surface area contributed by atoms with Crippen molar-refractivity contribution < 1.29 is 46.0 Å². The van der Waals surface area contributed by atoms with E-state index in [0.29, 0.717) is 0 Å². The van der Waals surface area contributed by atoms with Crippen LogP contribution in [-0.4, -0.2) is 30.1 Å². The van der Waals surface area contributed by atoms with Gasteiger partial charge in [0.2, 0.25) is 0 Å². The predicted molar refractivity (Wildman–Crippen MR) is 83.3 cm³/mol. The number of hydrogen-bond donors (Lipinski definition) is 0. The molecule has 1 heterocycles. The minimum Gasteiger partial charge on any atom is -0.538 e. The maximum Gasteiger partial charge on any atom is 1.00 e. The zero-order chi connectivity index (χ0) is 17.8. The number of halogens is 3. The number of alkyl halides is 3. The van der Waals surface area contributed by atoms with E-state index in [2.05, 4.69) is 4.98 Å². The third-order valence-corrected chi connectivity index (χ3v) is 2.82. The van der Waals surface area contributed by atoms with Crippen LogP contribution < -0.4 is 24.5 Å². The summed E-state index contributed by atoms with van der Waals surface area (Å²) >= 11 is 0. The molecule has 4 nitrogen and oxygen atoms in total. The normalized spacial score (nSPS) is 12.8. The zero-order valence-electron chi connectivity index (χ0n) is 15.3. The van der Waals surface area contributed by atoms with Crippen LogP contribution in [0, 0.1) is 0 Å². The molecule has 0 fully saturated rings. The Balaban J connectivity index is 0.00000529. The van der Waals surface area contributed by atoms with Crippen LogP contribution in [0.2, 0.25) is 0 Å². The Bertz CT molecular complexity index is 486. The molecule has 0 bridgehead atoms. The summed E-state index contributed by atoms with van der Waals surface area (Å²) in [5.74, 6) is 0. The Morgan fingerprint density at radius 3 is 1.67 bits per heavy atom. The maximum absolute atomic E-state index is 13.0. The second-order valence-electron chi connectivity index (χ2n) is 6.16. The summed E-state index contributed by atoms with van der Waals surface area (Å²) in [6.07, 6.45) is -4.34. The van der Waals surface area contributed by atoms with Crippen LogP contribution in [-0.2, 0) is 20.1 Å². The molecule has 0 aromatic carbocycles. The fourth-order valence-electron chi connectivity index (χ4n) is 2.20. The van der Waals surface area contributed by atoms with Crippen LogP contribution >= 0.6 is 0 Å². The molecular formula is C15H24BF3LiNO3. The molecule has 0 spiro atoms. The number of hydrogen-bond acceptors (Lipinski definition) is 4. The molecule has 0 amide bonds. The van der Waals surface area contributed by atoms with Crippen LogP contribution in [0.4, 0.5) is 13.2 Å². The van der Waals surface area contributed by atoms with Gasteiger partial charge >= 0.3 is 31.8 Å². The molecule has 0 unspecified atom stereocenters. The molecule has 0 saturated carbocycles. The minimum atomic E-state index is -4.48. The van der Waals surface area contributed by atoms with Crippen molar-refractivity contribution in [3.05, 3.63) is 23.9 Å². The van der Waals surface area contributed by atoms with Crippen molar-refractivity contribution in [2.24, 2.45) is 0 Å². The van der Waals surface area contributed by atoms with Gasteiger partial charge in [0, 0.05) is 24.5 Å². The van der Waals surface area contributed by atoms with Crippen LogP contribution in [0.15, 0.2) is 18.3 Å². The van der Waals surface area contributed by atoms with E-state index in [9.17, 15) is 13.2 Å². The van der Waals surface area contributed by atoms with Gasteiger partial charge < -0.3 is 14.0 Å². The average molecular weight is 341 g/mol. The second kappa shape index (κ2) is 9.25. The third-order valence-electron chi connectivity index (χ3n) is 2.82. The molecule has 0 aliphatic carbocycles. The van der Waals surface area contributed by atoms with E-state index < -0.39 is 18.5 Å². The van der Waals surface area contributed by atoms with Gasteiger partial charge in [-0.3, -0.25) is 4.98 Å². The fourth-order valence-corrected chi connectivity index (χ4v) is 2.20. The molecule has 0 atom stereocenters. The van der Waals surface area contributed by atoms with Gasteiger partial charge in [0.1, 0.15) is 0 Å². The van der Waals surface area contributed by atoms with Crippen molar-refractivity contribution >= 4 is 12.3 Å². The Morgan fingerprint density at radius 1 is 0.917 bits per heavy atom. The molecule has 0 aliphatic heterocycles. The number of rotatable bonds is 7. The van der Waals surface area contributed by atoms with E-state index in [1.807, 2.05) is 0 Å². The van der Waals surface area contributed by atoms with Crippen molar-refractivity contribution in [3.8, 4) is 0 Å². The minimum absolute atomic E-state index is 0. The predicted octanol–water partition coefficient (Wildman–Crippen LogP) is 0.525. The number of pyridine rings is 1. The maximum atomic E-state index is 13.0. The largest absolute Gasteiger partial charge is 1.00 e. The van der Waals surface area contributed by atoms with Crippen LogP contribution in [0.1, 0.15) is 47.1 Å². The van der Waals surface area contributed by atoms with E-state index in [1.54, 1.807) is 41.5 Å². The average Bonchev–Trinajstić information content (AvgIpc) is 2.35. The molecule has 1 rings (SSSR count). The summed E-state index contributed by atoms with van der Waals surface area (Å²) in [5.41, 5.74) is -0.822. The zero-order valence-corrected chi connectivity index (χ0v) is 15.3. The van der Waals surface area contributed by atoms with Crippen LogP contribution in [0.3, 0.4) is 0 Å². The molecule has 24 heavy (non-hydrogen) atoms. The van der Waals surface area contributed by atoms with Gasteiger partial charge in [-0.2, -0.15) is 13.2 Å². The van der Waals surface area contributed by atoms with E-state index in [0.717, 1.165) is 18.3 Å². The van der Waals surface area contributed by atoms with Crippen LogP contribution in [0.25, 0.3) is 0 Å². The van der Waals surface area contributed by atoms with Crippen molar-refractivity contribution in [2.75, 3.05) is 0 Å². The first-order chi connectivity index (χ1) is 10.5. The van der Waals surface area contributed by atoms with Crippen molar-refractivity contribution in [1.29, 1.82) is 0 Å². The quantitative estimate of drug-likeness (QED) is 0.679. The summed E-state index contributed by atoms with van der Waals surface area (Å²) in [6, 6.07) is 1.83. The van der Waals surface area contributed by atoms with Crippen molar-refractivity contribution in [3.63, 3.8) is 0 Å². The molecule has 0 N–H and O–H groups in total. The molecule has 9 heteroatoms. The van der Waals surface area contributed by atoms with Crippen molar-refractivity contribution in [2.45, 2.75) is 66.0 Å². The third kappa shape index (κ3) is 6.77. The SMILES string of the molecule is CC(C)O[B-](OC(C)C)(OC(C)C)c1cc(C(F)(F)F)ccn1.[Li+]. The van der Waals surface area contributed by atoms with Crippen molar-refractivity contribution in [1.82, 2.24) is 4.98 Å². The summed E-state index contributed by atoms with van der Waals surface area (Å²) < 4.78 is 56.4. The van der Waals surface area contributed by atoms with E-state index in [-0.39, 0.29) is 42.8 Å². The molecular weight excluding hydrogens is 317 g/mol.